The van der Waals surface area contributed by atoms with E-state index in [4.69, 9.17) is 9.47 Å². The second-order valence-electron chi connectivity index (χ2n) is 5.08. The zero-order valence-electron chi connectivity index (χ0n) is 11.7. The third-order valence-electron chi connectivity index (χ3n) is 3.78. The molecule has 1 aliphatic carbocycles. The van der Waals surface area contributed by atoms with Crippen LogP contribution in [0.2, 0.25) is 0 Å². The molecule has 19 heavy (non-hydrogen) atoms. The van der Waals surface area contributed by atoms with E-state index in [1.165, 1.54) is 31.2 Å². The molecule has 0 unspecified atom stereocenters. The number of hydrogen-bond donors (Lipinski definition) is 1. The molecule has 1 N–H and O–H groups in total. The average molecular weight is 328 g/mol. The first-order valence-electron chi connectivity index (χ1n) is 6.85. The van der Waals surface area contributed by atoms with Gasteiger partial charge in [-0.3, -0.25) is 0 Å². The Balaban J connectivity index is 1.86. The van der Waals surface area contributed by atoms with Crippen molar-refractivity contribution in [1.82, 2.24) is 5.32 Å². The minimum atomic E-state index is 0.751. The van der Waals surface area contributed by atoms with E-state index in [-0.39, 0.29) is 0 Å². The fraction of sp³-hybridized carbons (Fsp3) is 0.600. The average Bonchev–Trinajstić information content (AvgIpc) is 2.35. The van der Waals surface area contributed by atoms with Crippen molar-refractivity contribution >= 4 is 15.9 Å². The van der Waals surface area contributed by atoms with Crippen molar-refractivity contribution in [1.29, 1.82) is 0 Å². The van der Waals surface area contributed by atoms with Gasteiger partial charge in [-0.25, -0.2) is 0 Å². The van der Waals surface area contributed by atoms with Crippen molar-refractivity contribution in [2.24, 2.45) is 5.92 Å². The summed E-state index contributed by atoms with van der Waals surface area (Å²) in [6.45, 7) is 1.96. The molecule has 0 aliphatic heterocycles. The van der Waals surface area contributed by atoms with Gasteiger partial charge in [-0.2, -0.15) is 0 Å². The minimum absolute atomic E-state index is 0.751. The maximum Gasteiger partial charge on any atom is 0.174 e. The summed E-state index contributed by atoms with van der Waals surface area (Å²) in [5, 5.41) is 3.50. The van der Waals surface area contributed by atoms with Gasteiger partial charge in [0.25, 0.3) is 0 Å². The van der Waals surface area contributed by atoms with Crippen LogP contribution < -0.4 is 14.8 Å². The summed E-state index contributed by atoms with van der Waals surface area (Å²) in [4.78, 5) is 0. The van der Waals surface area contributed by atoms with Crippen molar-refractivity contribution in [2.75, 3.05) is 20.8 Å². The first kappa shape index (κ1) is 14.7. The lowest BCUT2D eigenvalue weighted by molar-refractivity contribution is 0.292. The molecule has 3 nitrogen and oxygen atoms in total. The lowest BCUT2D eigenvalue weighted by Gasteiger charge is -2.25. The molecule has 1 fully saturated rings. The first-order chi connectivity index (χ1) is 9.24. The number of halogens is 1. The Labute approximate surface area is 123 Å². The van der Waals surface area contributed by atoms with E-state index >= 15 is 0 Å². The molecule has 0 radical (unpaired) electrons. The predicted octanol–water partition coefficient (Wildman–Crippen LogP) is 3.75. The summed E-state index contributed by atoms with van der Waals surface area (Å²) in [5.41, 5.74) is 1.21. The maximum absolute atomic E-state index is 5.35. The van der Waals surface area contributed by atoms with E-state index in [2.05, 4.69) is 27.3 Å². The molecule has 0 saturated heterocycles. The summed E-state index contributed by atoms with van der Waals surface area (Å²) in [6.07, 6.45) is 5.56. The Hall–Kier alpha value is -0.740. The number of methoxy groups -OCH3 is 2. The molecule has 1 saturated carbocycles. The van der Waals surface area contributed by atoms with E-state index in [0.29, 0.717) is 0 Å². The van der Waals surface area contributed by atoms with Crippen molar-refractivity contribution < 1.29 is 9.47 Å². The van der Waals surface area contributed by atoms with Gasteiger partial charge in [0.2, 0.25) is 0 Å². The molecule has 1 aromatic rings. The van der Waals surface area contributed by atoms with Crippen LogP contribution in [0.1, 0.15) is 31.2 Å². The van der Waals surface area contributed by atoms with E-state index < -0.39 is 0 Å². The zero-order valence-corrected chi connectivity index (χ0v) is 13.3. The third-order valence-corrected chi connectivity index (χ3v) is 4.37. The summed E-state index contributed by atoms with van der Waals surface area (Å²) < 4.78 is 11.6. The zero-order chi connectivity index (χ0) is 13.7. The van der Waals surface area contributed by atoms with E-state index in [0.717, 1.165) is 35.0 Å². The number of rotatable bonds is 7. The van der Waals surface area contributed by atoms with Crippen LogP contribution in [0, 0.1) is 5.92 Å². The smallest absolute Gasteiger partial charge is 0.174 e. The molecule has 0 aromatic heterocycles. The van der Waals surface area contributed by atoms with Crippen LogP contribution in [0.5, 0.6) is 11.5 Å². The van der Waals surface area contributed by atoms with Crippen LogP contribution in [0.3, 0.4) is 0 Å². The molecule has 106 valence electrons. The highest BCUT2D eigenvalue weighted by molar-refractivity contribution is 9.10. The van der Waals surface area contributed by atoms with Gasteiger partial charge >= 0.3 is 0 Å². The summed E-state index contributed by atoms with van der Waals surface area (Å²) >= 11 is 3.52. The molecule has 2 rings (SSSR count). The van der Waals surface area contributed by atoms with Crippen LogP contribution in [0.4, 0.5) is 0 Å². The lowest BCUT2D eigenvalue weighted by atomic mass is 9.83. The standard InChI is InChI=1S/C15H22BrNO2/c1-18-14-9-12(8-13(16)15(14)19-2)10-17-7-6-11-4-3-5-11/h8-9,11,17H,3-7,10H2,1-2H3. The van der Waals surface area contributed by atoms with Gasteiger partial charge in [0.1, 0.15) is 0 Å². The largest absolute Gasteiger partial charge is 0.493 e. The monoisotopic (exact) mass is 327 g/mol. The Morgan fingerprint density at radius 3 is 2.63 bits per heavy atom. The van der Waals surface area contributed by atoms with Crippen molar-refractivity contribution in [3.8, 4) is 11.5 Å². The quantitative estimate of drug-likeness (QED) is 0.774. The number of benzene rings is 1. The van der Waals surface area contributed by atoms with Crippen LogP contribution >= 0.6 is 15.9 Å². The fourth-order valence-corrected chi connectivity index (χ4v) is 3.05. The van der Waals surface area contributed by atoms with Gasteiger partial charge in [-0.1, -0.05) is 19.3 Å². The van der Waals surface area contributed by atoms with E-state index in [1.54, 1.807) is 14.2 Å². The Morgan fingerprint density at radius 1 is 1.26 bits per heavy atom. The van der Waals surface area contributed by atoms with Gasteiger partial charge in [0.05, 0.1) is 18.7 Å². The highest BCUT2D eigenvalue weighted by Gasteiger charge is 2.16. The molecular weight excluding hydrogens is 306 g/mol. The van der Waals surface area contributed by atoms with Gasteiger partial charge < -0.3 is 14.8 Å². The van der Waals surface area contributed by atoms with E-state index in [9.17, 15) is 0 Å². The van der Waals surface area contributed by atoms with Crippen LogP contribution in [-0.2, 0) is 6.54 Å². The van der Waals surface area contributed by atoms with E-state index in [1.807, 2.05) is 6.07 Å². The maximum atomic E-state index is 5.35. The second kappa shape index (κ2) is 7.15. The molecule has 1 aromatic carbocycles. The summed E-state index contributed by atoms with van der Waals surface area (Å²) in [5.74, 6) is 2.48. The molecule has 0 heterocycles. The number of hydrogen-bond acceptors (Lipinski definition) is 3. The number of ether oxygens (including phenoxy) is 2. The normalized spacial score (nSPS) is 15.1. The Kier molecular flexibility index (Phi) is 5.52. The molecular formula is C15H22BrNO2. The topological polar surface area (TPSA) is 30.5 Å². The Bertz CT molecular complexity index is 419. The molecule has 0 amide bonds. The van der Waals surface area contributed by atoms with Crippen LogP contribution in [0.15, 0.2) is 16.6 Å². The molecule has 0 atom stereocenters. The van der Waals surface area contributed by atoms with Crippen LogP contribution in [0.25, 0.3) is 0 Å². The third kappa shape index (κ3) is 3.86. The fourth-order valence-electron chi connectivity index (χ4n) is 2.39. The van der Waals surface area contributed by atoms with Gasteiger partial charge in [-0.15, -0.1) is 0 Å². The lowest BCUT2D eigenvalue weighted by Crippen LogP contribution is -2.21. The van der Waals surface area contributed by atoms with Gasteiger partial charge in [-0.05, 0) is 52.5 Å². The first-order valence-corrected chi connectivity index (χ1v) is 7.65. The highest BCUT2D eigenvalue weighted by atomic mass is 79.9. The van der Waals surface area contributed by atoms with Crippen molar-refractivity contribution in [3.63, 3.8) is 0 Å². The van der Waals surface area contributed by atoms with Crippen LogP contribution in [-0.4, -0.2) is 20.8 Å². The summed E-state index contributed by atoms with van der Waals surface area (Å²) in [6, 6.07) is 4.11. The molecule has 1 aliphatic rings. The predicted molar refractivity (Wildman–Crippen MR) is 80.9 cm³/mol. The Morgan fingerprint density at radius 2 is 2.05 bits per heavy atom. The minimum Gasteiger partial charge on any atom is -0.493 e. The summed E-state index contributed by atoms with van der Waals surface area (Å²) in [7, 11) is 3.32. The number of nitrogens with one attached hydrogen (secondary N) is 1. The SMILES string of the molecule is COc1cc(CNCCC2CCC2)cc(Br)c1OC. The highest BCUT2D eigenvalue weighted by Crippen LogP contribution is 2.36. The molecule has 0 spiro atoms. The van der Waals surface area contributed by atoms with Crippen molar-refractivity contribution in [2.45, 2.75) is 32.2 Å². The molecule has 4 heteroatoms. The van der Waals surface area contributed by atoms with Gasteiger partial charge in [0.15, 0.2) is 11.5 Å². The molecule has 0 bridgehead atoms. The van der Waals surface area contributed by atoms with Gasteiger partial charge in [0, 0.05) is 6.54 Å². The second-order valence-corrected chi connectivity index (χ2v) is 5.93. The van der Waals surface area contributed by atoms with Crippen molar-refractivity contribution in [3.05, 3.63) is 22.2 Å².